The van der Waals surface area contributed by atoms with Gasteiger partial charge in [-0.2, -0.15) is 0 Å². The molecule has 0 atom stereocenters. The Balaban J connectivity index is 2.11. The summed E-state index contributed by atoms with van der Waals surface area (Å²) in [5.74, 6) is 0.785. The molecule has 0 unspecified atom stereocenters. The fourth-order valence-electron chi connectivity index (χ4n) is 2.81. The third kappa shape index (κ3) is 7.05. The molecule has 2 heteroatoms. The van der Waals surface area contributed by atoms with Crippen molar-refractivity contribution >= 4 is 0 Å². The zero-order valence-electron chi connectivity index (χ0n) is 12.2. The lowest BCUT2D eigenvalue weighted by Gasteiger charge is -2.24. The van der Waals surface area contributed by atoms with Crippen LogP contribution in [-0.2, 0) is 0 Å². The molecule has 1 aliphatic carbocycles. The Morgan fingerprint density at radius 1 is 1.12 bits per heavy atom. The van der Waals surface area contributed by atoms with E-state index in [1.807, 2.05) is 0 Å². The molecule has 102 valence electrons. The Morgan fingerprint density at radius 3 is 2.29 bits per heavy atom. The van der Waals surface area contributed by atoms with Crippen molar-refractivity contribution in [1.29, 1.82) is 0 Å². The average molecular weight is 240 g/mol. The zero-order valence-corrected chi connectivity index (χ0v) is 12.2. The molecule has 1 saturated carbocycles. The van der Waals surface area contributed by atoms with Gasteiger partial charge >= 0.3 is 0 Å². The Labute approximate surface area is 108 Å². The van der Waals surface area contributed by atoms with Crippen LogP contribution in [0.1, 0.15) is 59.3 Å². The molecule has 1 N–H and O–H groups in total. The summed E-state index contributed by atoms with van der Waals surface area (Å²) in [5.41, 5.74) is 0. The SMILES string of the molecule is CCN(CCNC1CCCCCC1)CC(C)C. The number of hydrogen-bond acceptors (Lipinski definition) is 2. The quantitative estimate of drug-likeness (QED) is 0.687. The third-order valence-corrected chi connectivity index (χ3v) is 3.79. The van der Waals surface area contributed by atoms with Crippen molar-refractivity contribution < 1.29 is 0 Å². The van der Waals surface area contributed by atoms with Gasteiger partial charge in [-0.1, -0.05) is 46.5 Å². The van der Waals surface area contributed by atoms with Gasteiger partial charge in [0.25, 0.3) is 0 Å². The normalized spacial score (nSPS) is 18.9. The van der Waals surface area contributed by atoms with Gasteiger partial charge in [0, 0.05) is 25.7 Å². The van der Waals surface area contributed by atoms with Gasteiger partial charge in [0.05, 0.1) is 0 Å². The maximum absolute atomic E-state index is 3.76. The van der Waals surface area contributed by atoms with Crippen molar-refractivity contribution in [3.05, 3.63) is 0 Å². The molecule has 0 saturated heterocycles. The van der Waals surface area contributed by atoms with E-state index in [2.05, 4.69) is 31.0 Å². The number of likely N-dealkylation sites (N-methyl/N-ethyl adjacent to an activating group) is 1. The summed E-state index contributed by atoms with van der Waals surface area (Å²) in [6.07, 6.45) is 8.56. The molecule has 1 fully saturated rings. The topological polar surface area (TPSA) is 15.3 Å². The van der Waals surface area contributed by atoms with Gasteiger partial charge in [-0.25, -0.2) is 0 Å². The Morgan fingerprint density at radius 2 is 1.76 bits per heavy atom. The van der Waals surface area contributed by atoms with Gasteiger partial charge in [0.1, 0.15) is 0 Å². The van der Waals surface area contributed by atoms with Crippen LogP contribution < -0.4 is 5.32 Å². The average Bonchev–Trinajstić information content (AvgIpc) is 2.55. The molecular weight excluding hydrogens is 208 g/mol. The van der Waals surface area contributed by atoms with Crippen LogP contribution in [0.25, 0.3) is 0 Å². The van der Waals surface area contributed by atoms with E-state index in [1.165, 1.54) is 64.7 Å². The van der Waals surface area contributed by atoms with Crippen LogP contribution in [0.5, 0.6) is 0 Å². The largest absolute Gasteiger partial charge is 0.313 e. The van der Waals surface area contributed by atoms with Crippen LogP contribution in [0.4, 0.5) is 0 Å². The molecule has 0 amide bonds. The second-order valence-electron chi connectivity index (χ2n) is 5.93. The van der Waals surface area contributed by atoms with Crippen LogP contribution in [0.15, 0.2) is 0 Å². The van der Waals surface area contributed by atoms with Crippen molar-refractivity contribution in [3.8, 4) is 0 Å². The summed E-state index contributed by atoms with van der Waals surface area (Å²) in [7, 11) is 0. The molecule has 1 aliphatic rings. The summed E-state index contributed by atoms with van der Waals surface area (Å²) < 4.78 is 0. The molecular formula is C15H32N2. The van der Waals surface area contributed by atoms with E-state index >= 15 is 0 Å². The number of hydrogen-bond donors (Lipinski definition) is 1. The predicted molar refractivity (Wildman–Crippen MR) is 76.4 cm³/mol. The van der Waals surface area contributed by atoms with E-state index in [1.54, 1.807) is 0 Å². The van der Waals surface area contributed by atoms with Crippen LogP contribution in [-0.4, -0.2) is 37.1 Å². The maximum Gasteiger partial charge on any atom is 0.0107 e. The monoisotopic (exact) mass is 240 g/mol. The smallest absolute Gasteiger partial charge is 0.0107 e. The number of rotatable bonds is 7. The fraction of sp³-hybridized carbons (Fsp3) is 1.00. The lowest BCUT2D eigenvalue weighted by molar-refractivity contribution is 0.250. The van der Waals surface area contributed by atoms with E-state index in [9.17, 15) is 0 Å². The van der Waals surface area contributed by atoms with Crippen LogP contribution in [0.3, 0.4) is 0 Å². The molecule has 0 aromatic carbocycles. The highest BCUT2D eigenvalue weighted by Gasteiger charge is 2.11. The molecule has 0 spiro atoms. The van der Waals surface area contributed by atoms with Crippen LogP contribution >= 0.6 is 0 Å². The standard InChI is InChI=1S/C15H32N2/c1-4-17(13-14(2)3)12-11-16-15-9-7-5-6-8-10-15/h14-16H,4-13H2,1-3H3. The summed E-state index contributed by atoms with van der Waals surface area (Å²) in [6, 6.07) is 0.801. The first-order valence-electron chi connectivity index (χ1n) is 7.68. The number of nitrogens with zero attached hydrogens (tertiary/aromatic N) is 1. The second kappa shape index (κ2) is 8.93. The third-order valence-electron chi connectivity index (χ3n) is 3.79. The first-order chi connectivity index (χ1) is 8.22. The van der Waals surface area contributed by atoms with Crippen molar-refractivity contribution in [3.63, 3.8) is 0 Å². The van der Waals surface area contributed by atoms with Crippen molar-refractivity contribution in [2.45, 2.75) is 65.3 Å². The molecule has 17 heavy (non-hydrogen) atoms. The fourth-order valence-corrected chi connectivity index (χ4v) is 2.81. The second-order valence-corrected chi connectivity index (χ2v) is 5.93. The first-order valence-corrected chi connectivity index (χ1v) is 7.68. The summed E-state index contributed by atoms with van der Waals surface area (Å²) in [5, 5.41) is 3.76. The molecule has 1 rings (SSSR count). The Kier molecular flexibility index (Phi) is 7.87. The minimum Gasteiger partial charge on any atom is -0.313 e. The zero-order chi connectivity index (χ0) is 12.5. The highest BCUT2D eigenvalue weighted by Crippen LogP contribution is 2.16. The minimum atomic E-state index is 0.785. The lowest BCUT2D eigenvalue weighted by Crippen LogP contribution is -2.38. The predicted octanol–water partition coefficient (Wildman–Crippen LogP) is 3.28. The number of nitrogens with one attached hydrogen (secondary N) is 1. The lowest BCUT2D eigenvalue weighted by atomic mass is 10.1. The Hall–Kier alpha value is -0.0800. The Bertz CT molecular complexity index is 170. The van der Waals surface area contributed by atoms with Gasteiger partial charge in [-0.3, -0.25) is 0 Å². The van der Waals surface area contributed by atoms with E-state index in [4.69, 9.17) is 0 Å². The van der Waals surface area contributed by atoms with Gasteiger partial charge in [0.15, 0.2) is 0 Å². The van der Waals surface area contributed by atoms with E-state index < -0.39 is 0 Å². The van der Waals surface area contributed by atoms with Gasteiger partial charge < -0.3 is 10.2 Å². The molecule has 0 heterocycles. The molecule has 2 nitrogen and oxygen atoms in total. The van der Waals surface area contributed by atoms with Crippen molar-refractivity contribution in [1.82, 2.24) is 10.2 Å². The first kappa shape index (κ1) is 15.0. The molecule has 0 aromatic rings. The summed E-state index contributed by atoms with van der Waals surface area (Å²) in [6.45, 7) is 11.7. The summed E-state index contributed by atoms with van der Waals surface area (Å²) >= 11 is 0. The molecule has 0 radical (unpaired) electrons. The van der Waals surface area contributed by atoms with E-state index in [0.717, 1.165) is 12.0 Å². The summed E-state index contributed by atoms with van der Waals surface area (Å²) in [4.78, 5) is 2.56. The van der Waals surface area contributed by atoms with E-state index in [0.29, 0.717) is 0 Å². The molecule has 0 bridgehead atoms. The minimum absolute atomic E-state index is 0.785. The van der Waals surface area contributed by atoms with Crippen LogP contribution in [0, 0.1) is 5.92 Å². The van der Waals surface area contributed by atoms with Crippen LogP contribution in [0.2, 0.25) is 0 Å². The molecule has 0 aromatic heterocycles. The van der Waals surface area contributed by atoms with Crippen molar-refractivity contribution in [2.24, 2.45) is 5.92 Å². The highest BCUT2D eigenvalue weighted by molar-refractivity contribution is 4.71. The van der Waals surface area contributed by atoms with Gasteiger partial charge in [0.2, 0.25) is 0 Å². The maximum atomic E-state index is 3.76. The van der Waals surface area contributed by atoms with Gasteiger partial charge in [-0.15, -0.1) is 0 Å². The van der Waals surface area contributed by atoms with Gasteiger partial charge in [-0.05, 0) is 25.3 Å². The highest BCUT2D eigenvalue weighted by atomic mass is 15.1. The van der Waals surface area contributed by atoms with Crippen molar-refractivity contribution in [2.75, 3.05) is 26.2 Å². The van der Waals surface area contributed by atoms with E-state index in [-0.39, 0.29) is 0 Å². The molecule has 0 aliphatic heterocycles.